The number of hydrazone groups is 1. The average molecular weight is 383 g/mol. The second kappa shape index (κ2) is 9.85. The highest BCUT2D eigenvalue weighted by Gasteiger charge is 2.17. The van der Waals surface area contributed by atoms with Crippen molar-refractivity contribution in [3.8, 4) is 11.5 Å². The van der Waals surface area contributed by atoms with Gasteiger partial charge in [0.15, 0.2) is 16.6 Å². The van der Waals surface area contributed by atoms with E-state index < -0.39 is 4.92 Å². The van der Waals surface area contributed by atoms with Crippen molar-refractivity contribution in [2.45, 2.75) is 0 Å². The minimum atomic E-state index is -0.581. The van der Waals surface area contributed by atoms with Gasteiger partial charge in [0, 0.05) is 26.2 Å². The standard InChI is InChI=1S/C15H21N5O5S/c1-24-14-9-12(20(22)23)11(8-13(14)21)10-17-18-15(26)16-2-3-19-4-6-25-7-5-19/h8-10,21H,2-7H2,1H3,(H2,16,18,26)/b17-10+. The third-order valence-corrected chi connectivity index (χ3v) is 3.95. The van der Waals surface area contributed by atoms with E-state index in [1.165, 1.54) is 19.4 Å². The Morgan fingerprint density at radius 3 is 2.92 bits per heavy atom. The van der Waals surface area contributed by atoms with Gasteiger partial charge in [0.1, 0.15) is 0 Å². The number of phenolic OH excluding ortho intramolecular Hbond substituents is 1. The number of methoxy groups -OCH3 is 1. The molecule has 10 nitrogen and oxygen atoms in total. The molecular weight excluding hydrogens is 362 g/mol. The number of thiocarbonyl (C=S) groups is 1. The summed E-state index contributed by atoms with van der Waals surface area (Å²) < 4.78 is 10.1. The number of hydrogen-bond acceptors (Lipinski definition) is 8. The molecule has 1 aliphatic heterocycles. The Bertz CT molecular complexity index is 679. The maximum absolute atomic E-state index is 11.1. The van der Waals surface area contributed by atoms with Crippen LogP contribution < -0.4 is 15.5 Å². The summed E-state index contributed by atoms with van der Waals surface area (Å²) in [5, 5.41) is 28.1. The number of ether oxygens (including phenoxy) is 2. The predicted octanol–water partition coefficient (Wildman–Crippen LogP) is 0.439. The van der Waals surface area contributed by atoms with Crippen LogP contribution in [0.3, 0.4) is 0 Å². The van der Waals surface area contributed by atoms with E-state index in [0.29, 0.717) is 11.7 Å². The Labute approximate surface area is 155 Å². The van der Waals surface area contributed by atoms with Gasteiger partial charge in [0.05, 0.1) is 43.1 Å². The molecule has 26 heavy (non-hydrogen) atoms. The molecule has 1 aliphatic rings. The number of nitrogens with one attached hydrogen (secondary N) is 2. The number of aromatic hydroxyl groups is 1. The van der Waals surface area contributed by atoms with E-state index >= 15 is 0 Å². The van der Waals surface area contributed by atoms with Crippen LogP contribution in [0.2, 0.25) is 0 Å². The van der Waals surface area contributed by atoms with Crippen LogP contribution in [0.1, 0.15) is 5.56 Å². The molecule has 142 valence electrons. The molecular formula is C15H21N5O5S. The second-order valence-electron chi connectivity index (χ2n) is 5.42. The van der Waals surface area contributed by atoms with Crippen LogP contribution in [-0.2, 0) is 4.74 Å². The van der Waals surface area contributed by atoms with Crippen molar-refractivity contribution in [1.29, 1.82) is 0 Å². The Balaban J connectivity index is 1.86. The van der Waals surface area contributed by atoms with Crippen LogP contribution >= 0.6 is 12.2 Å². The molecule has 2 rings (SSSR count). The lowest BCUT2D eigenvalue weighted by molar-refractivity contribution is -0.385. The molecule has 0 aromatic heterocycles. The van der Waals surface area contributed by atoms with Crippen molar-refractivity contribution in [3.05, 3.63) is 27.8 Å². The lowest BCUT2D eigenvalue weighted by atomic mass is 10.1. The second-order valence-corrected chi connectivity index (χ2v) is 5.83. The SMILES string of the molecule is COc1cc([N+](=O)[O-])c(/C=N/NC(=S)NCCN2CCOCC2)cc1O. The van der Waals surface area contributed by atoms with Gasteiger partial charge in [0.2, 0.25) is 0 Å². The highest BCUT2D eigenvalue weighted by Crippen LogP contribution is 2.32. The number of nitro groups is 1. The van der Waals surface area contributed by atoms with Gasteiger partial charge < -0.3 is 19.9 Å². The van der Waals surface area contributed by atoms with Crippen molar-refractivity contribution < 1.29 is 19.5 Å². The topological polar surface area (TPSA) is 121 Å². The zero-order valence-electron chi connectivity index (χ0n) is 14.3. The molecule has 1 fully saturated rings. The number of nitrogens with zero attached hydrogens (tertiary/aromatic N) is 3. The van der Waals surface area contributed by atoms with Gasteiger partial charge in [-0.1, -0.05) is 0 Å². The molecule has 0 amide bonds. The third kappa shape index (κ3) is 5.79. The van der Waals surface area contributed by atoms with Gasteiger partial charge in [-0.15, -0.1) is 0 Å². The first-order chi connectivity index (χ1) is 12.5. The van der Waals surface area contributed by atoms with Crippen LogP contribution in [0.25, 0.3) is 0 Å². The number of morpholine rings is 1. The summed E-state index contributed by atoms with van der Waals surface area (Å²) in [4.78, 5) is 12.8. The Morgan fingerprint density at radius 1 is 1.54 bits per heavy atom. The van der Waals surface area contributed by atoms with Gasteiger partial charge >= 0.3 is 0 Å². The lowest BCUT2D eigenvalue weighted by Gasteiger charge is -2.26. The minimum Gasteiger partial charge on any atom is -0.504 e. The Kier molecular flexibility index (Phi) is 7.51. The summed E-state index contributed by atoms with van der Waals surface area (Å²) in [6.07, 6.45) is 1.22. The molecule has 0 spiro atoms. The molecule has 0 radical (unpaired) electrons. The maximum Gasteiger partial charge on any atom is 0.282 e. The molecule has 0 saturated carbocycles. The van der Waals surface area contributed by atoms with Crippen molar-refractivity contribution in [1.82, 2.24) is 15.6 Å². The van der Waals surface area contributed by atoms with Crippen molar-refractivity contribution in [3.63, 3.8) is 0 Å². The summed E-state index contributed by atoms with van der Waals surface area (Å²) >= 11 is 5.10. The van der Waals surface area contributed by atoms with Gasteiger partial charge in [0.25, 0.3) is 5.69 Å². The van der Waals surface area contributed by atoms with E-state index in [1.54, 1.807) is 0 Å². The molecule has 3 N–H and O–H groups in total. The lowest BCUT2D eigenvalue weighted by Crippen LogP contribution is -2.42. The van der Waals surface area contributed by atoms with Crippen LogP contribution in [0.15, 0.2) is 17.2 Å². The highest BCUT2D eigenvalue weighted by molar-refractivity contribution is 7.80. The van der Waals surface area contributed by atoms with E-state index in [2.05, 4.69) is 20.7 Å². The van der Waals surface area contributed by atoms with Crippen molar-refractivity contribution in [2.24, 2.45) is 5.10 Å². The first kappa shape index (κ1) is 19.8. The van der Waals surface area contributed by atoms with Crippen molar-refractivity contribution >= 4 is 29.2 Å². The van der Waals surface area contributed by atoms with E-state index in [-0.39, 0.29) is 22.7 Å². The molecule has 0 atom stereocenters. The monoisotopic (exact) mass is 383 g/mol. The molecule has 1 aromatic rings. The Morgan fingerprint density at radius 2 is 2.27 bits per heavy atom. The van der Waals surface area contributed by atoms with Gasteiger partial charge in [-0.2, -0.15) is 5.10 Å². The predicted molar refractivity (Wildman–Crippen MR) is 99.9 cm³/mol. The summed E-state index contributed by atoms with van der Waals surface area (Å²) in [6.45, 7) is 4.73. The van der Waals surface area contributed by atoms with Crippen LogP contribution in [0, 0.1) is 10.1 Å². The highest BCUT2D eigenvalue weighted by atomic mass is 32.1. The van der Waals surface area contributed by atoms with Crippen LogP contribution in [0.5, 0.6) is 11.5 Å². The maximum atomic E-state index is 11.1. The zero-order chi connectivity index (χ0) is 18.9. The van der Waals surface area contributed by atoms with E-state index in [4.69, 9.17) is 21.7 Å². The summed E-state index contributed by atoms with van der Waals surface area (Å²) in [7, 11) is 1.31. The third-order valence-electron chi connectivity index (χ3n) is 3.71. The summed E-state index contributed by atoms with van der Waals surface area (Å²) in [6, 6.07) is 2.34. The van der Waals surface area contributed by atoms with Gasteiger partial charge in [-0.25, -0.2) is 0 Å². The normalized spacial score (nSPS) is 15.0. The number of phenols is 1. The van der Waals surface area contributed by atoms with Crippen molar-refractivity contribution in [2.75, 3.05) is 46.5 Å². The van der Waals surface area contributed by atoms with Gasteiger partial charge in [-0.3, -0.25) is 20.4 Å². The number of hydrogen-bond donors (Lipinski definition) is 3. The van der Waals surface area contributed by atoms with Crippen LogP contribution in [-0.4, -0.2) is 72.8 Å². The summed E-state index contributed by atoms with van der Waals surface area (Å²) in [5.41, 5.74) is 2.48. The molecule has 0 aliphatic carbocycles. The molecule has 1 heterocycles. The summed E-state index contributed by atoms with van der Waals surface area (Å²) in [5.74, 6) is -0.201. The van der Waals surface area contributed by atoms with E-state index in [1.807, 2.05) is 0 Å². The molecule has 1 saturated heterocycles. The number of nitro benzene ring substituents is 1. The molecule has 0 unspecified atom stereocenters. The zero-order valence-corrected chi connectivity index (χ0v) is 15.1. The molecule has 0 bridgehead atoms. The molecule has 1 aromatic carbocycles. The molecule has 11 heteroatoms. The fourth-order valence-electron chi connectivity index (χ4n) is 2.35. The van der Waals surface area contributed by atoms with E-state index in [0.717, 1.165) is 38.9 Å². The number of benzene rings is 1. The minimum absolute atomic E-state index is 0.0158. The number of rotatable bonds is 7. The smallest absolute Gasteiger partial charge is 0.282 e. The fraction of sp³-hybridized carbons (Fsp3) is 0.467. The quantitative estimate of drug-likeness (QED) is 0.266. The van der Waals surface area contributed by atoms with E-state index in [9.17, 15) is 15.2 Å². The first-order valence-electron chi connectivity index (χ1n) is 7.93. The van der Waals surface area contributed by atoms with Gasteiger partial charge in [-0.05, 0) is 18.3 Å². The average Bonchev–Trinajstić information content (AvgIpc) is 2.62. The fourth-order valence-corrected chi connectivity index (χ4v) is 2.51. The largest absolute Gasteiger partial charge is 0.504 e. The Hall–Kier alpha value is -2.50. The first-order valence-corrected chi connectivity index (χ1v) is 8.34. The van der Waals surface area contributed by atoms with Crippen LogP contribution in [0.4, 0.5) is 5.69 Å².